The molecule has 24 heavy (non-hydrogen) atoms. The zero-order valence-corrected chi connectivity index (χ0v) is 13.2. The van der Waals surface area contributed by atoms with Crippen LogP contribution in [0.25, 0.3) is 6.08 Å². The highest BCUT2D eigenvalue weighted by atomic mass is 32.2. The minimum atomic E-state index is -0.451. The number of carbonyl (C=O) groups is 2. The van der Waals surface area contributed by atoms with Crippen LogP contribution in [-0.4, -0.2) is 16.0 Å². The van der Waals surface area contributed by atoms with E-state index < -0.39 is 17.0 Å². The van der Waals surface area contributed by atoms with E-state index in [0.29, 0.717) is 16.7 Å². The third-order valence-electron chi connectivity index (χ3n) is 3.50. The molecule has 2 aromatic carbocycles. The highest BCUT2D eigenvalue weighted by Crippen LogP contribution is 2.33. The van der Waals surface area contributed by atoms with E-state index in [4.69, 9.17) is 5.26 Å². The predicted molar refractivity (Wildman–Crippen MR) is 89.1 cm³/mol. The van der Waals surface area contributed by atoms with Crippen LogP contribution in [-0.2, 0) is 11.3 Å². The zero-order valence-electron chi connectivity index (χ0n) is 12.4. The number of nitriles is 1. The van der Waals surface area contributed by atoms with Crippen molar-refractivity contribution in [3.05, 3.63) is 75.9 Å². The summed E-state index contributed by atoms with van der Waals surface area (Å²) in [6, 6.07) is 14.7. The summed E-state index contributed by atoms with van der Waals surface area (Å²) in [4.78, 5) is 25.8. The number of halogens is 1. The van der Waals surface area contributed by atoms with Gasteiger partial charge in [-0.2, -0.15) is 5.26 Å². The first-order chi connectivity index (χ1) is 11.6. The highest BCUT2D eigenvalue weighted by Gasteiger charge is 2.35. The van der Waals surface area contributed by atoms with Gasteiger partial charge >= 0.3 is 0 Å². The molecule has 1 aliphatic heterocycles. The van der Waals surface area contributed by atoms with Crippen molar-refractivity contribution >= 4 is 29.0 Å². The van der Waals surface area contributed by atoms with Crippen LogP contribution >= 0.6 is 11.8 Å². The largest absolute Gasteiger partial charge is 0.293 e. The van der Waals surface area contributed by atoms with Crippen molar-refractivity contribution in [2.45, 2.75) is 6.54 Å². The Hall–Kier alpha value is -2.91. The minimum absolute atomic E-state index is 0.0952. The first kappa shape index (κ1) is 16.0. The summed E-state index contributed by atoms with van der Waals surface area (Å²) in [5.41, 5.74) is 1.52. The van der Waals surface area contributed by atoms with E-state index in [1.807, 2.05) is 6.07 Å². The number of hydrogen-bond donors (Lipinski definition) is 0. The van der Waals surface area contributed by atoms with Crippen LogP contribution in [0, 0.1) is 17.1 Å². The molecule has 0 saturated carbocycles. The maximum absolute atomic E-state index is 13.7. The third kappa shape index (κ3) is 3.21. The third-order valence-corrected chi connectivity index (χ3v) is 4.40. The minimum Gasteiger partial charge on any atom is -0.268 e. The van der Waals surface area contributed by atoms with Gasteiger partial charge in [-0.1, -0.05) is 30.3 Å². The zero-order chi connectivity index (χ0) is 17.1. The molecule has 2 amide bonds. The average Bonchev–Trinajstić information content (AvgIpc) is 2.85. The molecule has 3 rings (SSSR count). The van der Waals surface area contributed by atoms with Crippen molar-refractivity contribution < 1.29 is 14.0 Å². The molecule has 1 aliphatic rings. The summed E-state index contributed by atoms with van der Waals surface area (Å²) in [5.74, 6) is -0.898. The standard InChI is InChI=1S/C18H11FN2O2S/c19-15-4-2-1-3-14(15)11-21-17(22)16(24-18(21)23)9-12-5-7-13(10-20)8-6-12/h1-9H,11H2/b16-9+. The quantitative estimate of drug-likeness (QED) is 0.796. The van der Waals surface area contributed by atoms with Crippen LogP contribution in [0.5, 0.6) is 0 Å². The summed E-state index contributed by atoms with van der Waals surface area (Å²) in [6.07, 6.45) is 1.59. The maximum atomic E-state index is 13.7. The number of hydrogen-bond acceptors (Lipinski definition) is 4. The fourth-order valence-electron chi connectivity index (χ4n) is 2.24. The van der Waals surface area contributed by atoms with Crippen LogP contribution in [0.15, 0.2) is 53.4 Å². The van der Waals surface area contributed by atoms with Crippen molar-refractivity contribution in [2.24, 2.45) is 0 Å². The van der Waals surface area contributed by atoms with Gasteiger partial charge in [0.2, 0.25) is 0 Å². The Morgan fingerprint density at radius 1 is 1.12 bits per heavy atom. The number of imide groups is 1. The number of benzene rings is 2. The number of nitrogens with zero attached hydrogens (tertiary/aromatic N) is 2. The van der Waals surface area contributed by atoms with Gasteiger partial charge in [-0.05, 0) is 41.6 Å². The Balaban J connectivity index is 1.82. The molecule has 0 unspecified atom stereocenters. The number of thioether (sulfide) groups is 1. The molecule has 0 atom stereocenters. The Kier molecular flexibility index (Phi) is 4.45. The topological polar surface area (TPSA) is 61.2 Å². The first-order valence-corrected chi connectivity index (χ1v) is 7.89. The van der Waals surface area contributed by atoms with E-state index in [1.54, 1.807) is 48.5 Å². The monoisotopic (exact) mass is 338 g/mol. The predicted octanol–water partition coefficient (Wildman–Crippen LogP) is 3.93. The lowest BCUT2D eigenvalue weighted by Gasteiger charge is -2.12. The van der Waals surface area contributed by atoms with Gasteiger partial charge in [-0.3, -0.25) is 14.5 Å². The normalized spacial score (nSPS) is 15.8. The van der Waals surface area contributed by atoms with Crippen molar-refractivity contribution in [1.29, 1.82) is 5.26 Å². The number of rotatable bonds is 3. The Labute approximate surface area is 142 Å². The summed E-state index contributed by atoms with van der Waals surface area (Å²) in [7, 11) is 0. The lowest BCUT2D eigenvalue weighted by Crippen LogP contribution is -2.27. The molecular weight excluding hydrogens is 327 g/mol. The van der Waals surface area contributed by atoms with Gasteiger partial charge < -0.3 is 0 Å². The maximum Gasteiger partial charge on any atom is 0.293 e. The smallest absolute Gasteiger partial charge is 0.268 e. The second-order valence-electron chi connectivity index (χ2n) is 5.09. The van der Waals surface area contributed by atoms with E-state index in [1.165, 1.54) is 6.07 Å². The van der Waals surface area contributed by atoms with Crippen LogP contribution in [0.2, 0.25) is 0 Å². The van der Waals surface area contributed by atoms with Crippen molar-refractivity contribution in [2.75, 3.05) is 0 Å². The van der Waals surface area contributed by atoms with Gasteiger partial charge in [0.1, 0.15) is 5.82 Å². The van der Waals surface area contributed by atoms with E-state index in [-0.39, 0.29) is 11.4 Å². The molecule has 0 bridgehead atoms. The van der Waals surface area contributed by atoms with Crippen LogP contribution in [0.4, 0.5) is 9.18 Å². The molecule has 1 heterocycles. The van der Waals surface area contributed by atoms with Gasteiger partial charge in [0.05, 0.1) is 23.1 Å². The van der Waals surface area contributed by atoms with Gasteiger partial charge in [0, 0.05) is 5.56 Å². The molecule has 0 spiro atoms. The molecule has 0 aromatic heterocycles. The summed E-state index contributed by atoms with van der Waals surface area (Å²) in [5, 5.41) is 8.35. The fraction of sp³-hybridized carbons (Fsp3) is 0.0556. The van der Waals surface area contributed by atoms with Crippen molar-refractivity contribution in [3.63, 3.8) is 0 Å². The van der Waals surface area contributed by atoms with Crippen LogP contribution < -0.4 is 0 Å². The van der Waals surface area contributed by atoms with E-state index in [2.05, 4.69) is 0 Å². The second-order valence-corrected chi connectivity index (χ2v) is 6.09. The lowest BCUT2D eigenvalue weighted by atomic mass is 10.1. The first-order valence-electron chi connectivity index (χ1n) is 7.07. The van der Waals surface area contributed by atoms with E-state index in [9.17, 15) is 14.0 Å². The summed E-state index contributed by atoms with van der Waals surface area (Å²) in [6.45, 7) is -0.0952. The molecule has 0 radical (unpaired) electrons. The van der Waals surface area contributed by atoms with Crippen molar-refractivity contribution in [3.8, 4) is 6.07 Å². The Morgan fingerprint density at radius 2 is 1.83 bits per heavy atom. The number of amides is 2. The van der Waals surface area contributed by atoms with E-state index >= 15 is 0 Å². The number of carbonyl (C=O) groups excluding carboxylic acids is 2. The molecule has 4 nitrogen and oxygen atoms in total. The molecule has 2 aromatic rings. The van der Waals surface area contributed by atoms with Gasteiger partial charge in [-0.15, -0.1) is 0 Å². The molecule has 1 fully saturated rings. The molecule has 6 heteroatoms. The molecular formula is C18H11FN2O2S. The Morgan fingerprint density at radius 3 is 2.50 bits per heavy atom. The summed E-state index contributed by atoms with van der Waals surface area (Å²) < 4.78 is 13.7. The second kappa shape index (κ2) is 6.69. The van der Waals surface area contributed by atoms with E-state index in [0.717, 1.165) is 16.7 Å². The van der Waals surface area contributed by atoms with Gasteiger partial charge in [0.15, 0.2) is 0 Å². The molecule has 1 saturated heterocycles. The molecule has 0 aliphatic carbocycles. The Bertz CT molecular complexity index is 885. The SMILES string of the molecule is N#Cc1ccc(/C=C2/SC(=O)N(Cc3ccccc3F)C2=O)cc1. The van der Waals surface area contributed by atoms with Crippen molar-refractivity contribution in [1.82, 2.24) is 4.90 Å². The molecule has 118 valence electrons. The molecule has 0 N–H and O–H groups in total. The highest BCUT2D eigenvalue weighted by molar-refractivity contribution is 8.18. The fourth-order valence-corrected chi connectivity index (χ4v) is 3.08. The van der Waals surface area contributed by atoms with Gasteiger partial charge in [-0.25, -0.2) is 4.39 Å². The van der Waals surface area contributed by atoms with Crippen LogP contribution in [0.3, 0.4) is 0 Å². The summed E-state index contributed by atoms with van der Waals surface area (Å²) >= 11 is 0.823. The van der Waals surface area contributed by atoms with Crippen LogP contribution in [0.1, 0.15) is 16.7 Å². The van der Waals surface area contributed by atoms with Gasteiger partial charge in [0.25, 0.3) is 11.1 Å². The average molecular weight is 338 g/mol. The lowest BCUT2D eigenvalue weighted by molar-refractivity contribution is -0.123.